The lowest BCUT2D eigenvalue weighted by Crippen LogP contribution is -2.60. The van der Waals surface area contributed by atoms with Crippen molar-refractivity contribution in [3.63, 3.8) is 0 Å². The largest absolute Gasteiger partial charge is 0.508 e. The summed E-state index contributed by atoms with van der Waals surface area (Å²) in [7, 11) is 0. The number of aromatic hydroxyl groups is 3. The monoisotopic (exact) mass is 406 g/mol. The summed E-state index contributed by atoms with van der Waals surface area (Å²) in [6.45, 7) is -0.601. The summed E-state index contributed by atoms with van der Waals surface area (Å²) >= 11 is 0. The van der Waals surface area contributed by atoms with Crippen LogP contribution in [0.3, 0.4) is 0 Å². The van der Waals surface area contributed by atoms with E-state index in [1.165, 1.54) is 30.3 Å². The Kier molecular flexibility index (Phi) is 6.26. The third kappa shape index (κ3) is 4.78. The van der Waals surface area contributed by atoms with Crippen molar-refractivity contribution in [2.45, 2.75) is 30.7 Å². The van der Waals surface area contributed by atoms with E-state index < -0.39 is 37.3 Å². The van der Waals surface area contributed by atoms with Gasteiger partial charge in [0.15, 0.2) is 11.5 Å². The van der Waals surface area contributed by atoms with Gasteiger partial charge in [0.1, 0.15) is 35.9 Å². The van der Waals surface area contributed by atoms with Crippen LogP contribution in [0.5, 0.6) is 23.0 Å². The van der Waals surface area contributed by atoms with Crippen molar-refractivity contribution in [1.82, 2.24) is 0 Å². The lowest BCUT2D eigenvalue weighted by atomic mass is 9.99. The van der Waals surface area contributed by atoms with E-state index in [4.69, 9.17) is 9.47 Å². The van der Waals surface area contributed by atoms with E-state index in [0.29, 0.717) is 11.1 Å². The summed E-state index contributed by atoms with van der Waals surface area (Å²) in [6, 6.07) is 8.46. The summed E-state index contributed by atoms with van der Waals surface area (Å²) in [6.07, 6.45) is -4.05. The average Bonchev–Trinajstić information content (AvgIpc) is 2.68. The Hall–Kier alpha value is -2.82. The Labute approximate surface area is 165 Å². The van der Waals surface area contributed by atoms with E-state index in [9.17, 15) is 35.7 Å². The van der Waals surface area contributed by atoms with E-state index >= 15 is 0 Å². The Morgan fingerprint density at radius 3 is 2.14 bits per heavy atom. The smallest absolute Gasteiger partial charge is 0.229 e. The highest BCUT2D eigenvalue weighted by atomic mass is 16.7. The molecule has 5 atom stereocenters. The third-order valence-electron chi connectivity index (χ3n) is 4.47. The molecule has 9 nitrogen and oxygen atoms in total. The third-order valence-corrected chi connectivity index (χ3v) is 4.47. The van der Waals surface area contributed by atoms with Crippen LogP contribution in [0, 0.1) is 0 Å². The van der Waals surface area contributed by atoms with Gasteiger partial charge in [-0.1, -0.05) is 18.2 Å². The zero-order chi connectivity index (χ0) is 21.1. The number of rotatable bonds is 5. The number of aliphatic hydroxyl groups excluding tert-OH is 4. The zero-order valence-corrected chi connectivity index (χ0v) is 15.2. The fraction of sp³-hybridized carbons (Fsp3) is 0.300. The second kappa shape index (κ2) is 8.68. The van der Waals surface area contributed by atoms with E-state index in [0.717, 1.165) is 0 Å². The number of hydrogen-bond acceptors (Lipinski definition) is 9. The minimum atomic E-state index is -1.61. The van der Waals surface area contributed by atoms with Gasteiger partial charge in [0, 0.05) is 6.07 Å². The van der Waals surface area contributed by atoms with E-state index in [-0.39, 0.29) is 23.0 Å². The first-order valence-electron chi connectivity index (χ1n) is 8.80. The zero-order valence-electron chi connectivity index (χ0n) is 15.2. The fourth-order valence-electron chi connectivity index (χ4n) is 2.93. The maximum atomic E-state index is 10.1. The van der Waals surface area contributed by atoms with Crippen LogP contribution in [0.4, 0.5) is 0 Å². The van der Waals surface area contributed by atoms with Gasteiger partial charge in [0.25, 0.3) is 0 Å². The molecule has 0 amide bonds. The van der Waals surface area contributed by atoms with Crippen LogP contribution in [-0.4, -0.2) is 73.1 Å². The first-order chi connectivity index (χ1) is 13.8. The van der Waals surface area contributed by atoms with Gasteiger partial charge in [-0.3, -0.25) is 0 Å². The quantitative estimate of drug-likeness (QED) is 0.343. The van der Waals surface area contributed by atoms with Crippen molar-refractivity contribution in [2.75, 3.05) is 6.61 Å². The van der Waals surface area contributed by atoms with Crippen molar-refractivity contribution >= 4 is 12.2 Å². The van der Waals surface area contributed by atoms with E-state index in [2.05, 4.69) is 0 Å². The van der Waals surface area contributed by atoms with Crippen molar-refractivity contribution in [3.8, 4) is 23.0 Å². The lowest BCUT2D eigenvalue weighted by Gasteiger charge is -2.39. The minimum absolute atomic E-state index is 0.0600. The summed E-state index contributed by atoms with van der Waals surface area (Å²) in [5.74, 6) is -0.506. The normalized spacial score (nSPS) is 27.2. The molecule has 1 aliphatic rings. The number of phenols is 3. The van der Waals surface area contributed by atoms with Crippen LogP contribution in [0.25, 0.3) is 12.2 Å². The van der Waals surface area contributed by atoms with Gasteiger partial charge < -0.3 is 45.2 Å². The molecule has 9 heteroatoms. The Morgan fingerprint density at radius 1 is 0.828 bits per heavy atom. The Morgan fingerprint density at radius 2 is 1.48 bits per heavy atom. The highest BCUT2D eigenvalue weighted by Gasteiger charge is 2.44. The van der Waals surface area contributed by atoms with Crippen LogP contribution >= 0.6 is 0 Å². The molecule has 0 unspecified atom stereocenters. The lowest BCUT2D eigenvalue weighted by molar-refractivity contribution is -0.277. The molecular formula is C20H22O9. The predicted molar refractivity (Wildman–Crippen MR) is 101 cm³/mol. The van der Waals surface area contributed by atoms with E-state index in [1.54, 1.807) is 18.2 Å². The highest BCUT2D eigenvalue weighted by molar-refractivity contribution is 5.72. The Balaban J connectivity index is 1.79. The van der Waals surface area contributed by atoms with Crippen LogP contribution < -0.4 is 4.74 Å². The molecule has 1 fully saturated rings. The van der Waals surface area contributed by atoms with Crippen LogP contribution in [0.15, 0.2) is 36.4 Å². The van der Waals surface area contributed by atoms with Gasteiger partial charge in [0.2, 0.25) is 6.29 Å². The molecule has 2 aromatic rings. The molecule has 0 bridgehead atoms. The summed E-state index contributed by atoms with van der Waals surface area (Å²) < 4.78 is 10.7. The molecule has 1 aliphatic heterocycles. The molecule has 156 valence electrons. The molecule has 1 saturated heterocycles. The second-order valence-electron chi connectivity index (χ2n) is 6.66. The maximum absolute atomic E-state index is 10.1. The molecular weight excluding hydrogens is 384 g/mol. The molecule has 0 spiro atoms. The minimum Gasteiger partial charge on any atom is -0.508 e. The second-order valence-corrected chi connectivity index (χ2v) is 6.66. The summed E-state index contributed by atoms with van der Waals surface area (Å²) in [4.78, 5) is 0. The van der Waals surface area contributed by atoms with Crippen molar-refractivity contribution in [3.05, 3.63) is 47.5 Å². The van der Waals surface area contributed by atoms with Crippen molar-refractivity contribution < 1.29 is 45.2 Å². The van der Waals surface area contributed by atoms with E-state index in [1.807, 2.05) is 0 Å². The number of aliphatic hydroxyl groups is 4. The molecule has 0 aliphatic carbocycles. The standard InChI is InChI=1S/C20H22O9/c21-9-16-17(25)18(26)19(27)20(29-16)28-15-7-10(3-4-14(15)24)1-2-11-5-12(22)8-13(23)6-11/h1-8,16-27H,9H2/b2-1+/t16-,17-,18+,19-,20-/m0/s1. The molecule has 2 aromatic carbocycles. The van der Waals surface area contributed by atoms with Gasteiger partial charge in [-0.2, -0.15) is 0 Å². The number of hydrogen-bond donors (Lipinski definition) is 7. The van der Waals surface area contributed by atoms with Gasteiger partial charge in [0.05, 0.1) is 6.61 Å². The van der Waals surface area contributed by atoms with Crippen molar-refractivity contribution in [1.29, 1.82) is 0 Å². The summed E-state index contributed by atoms with van der Waals surface area (Å²) in [5, 5.41) is 68.0. The first-order valence-corrected chi connectivity index (χ1v) is 8.80. The topological polar surface area (TPSA) is 160 Å². The van der Waals surface area contributed by atoms with Gasteiger partial charge >= 0.3 is 0 Å². The predicted octanol–water partition coefficient (Wildman–Crippen LogP) is 0.152. The van der Waals surface area contributed by atoms with Crippen molar-refractivity contribution in [2.24, 2.45) is 0 Å². The fourth-order valence-corrected chi connectivity index (χ4v) is 2.93. The first kappa shape index (κ1) is 20.9. The molecule has 1 heterocycles. The molecule has 0 aromatic heterocycles. The average molecular weight is 406 g/mol. The SMILES string of the molecule is OC[C@@H]1O[C@H](Oc2cc(/C=C/c3cc(O)cc(O)c3)ccc2O)[C@@H](O)[C@H](O)[C@H]1O. The van der Waals surface area contributed by atoms with Gasteiger partial charge in [-0.15, -0.1) is 0 Å². The maximum Gasteiger partial charge on any atom is 0.229 e. The molecule has 0 saturated carbocycles. The molecule has 0 radical (unpaired) electrons. The molecule has 29 heavy (non-hydrogen) atoms. The molecule has 7 N–H and O–H groups in total. The number of phenolic OH excluding ortho intramolecular Hbond substituents is 3. The number of benzene rings is 2. The van der Waals surface area contributed by atoms with Crippen LogP contribution in [0.1, 0.15) is 11.1 Å². The van der Waals surface area contributed by atoms with Gasteiger partial charge in [-0.25, -0.2) is 0 Å². The highest BCUT2D eigenvalue weighted by Crippen LogP contribution is 2.32. The van der Waals surface area contributed by atoms with Crippen LogP contribution in [-0.2, 0) is 4.74 Å². The van der Waals surface area contributed by atoms with Crippen LogP contribution in [0.2, 0.25) is 0 Å². The van der Waals surface area contributed by atoms with Gasteiger partial charge in [-0.05, 0) is 35.4 Å². The molecule has 3 rings (SSSR count). The summed E-state index contributed by atoms with van der Waals surface area (Å²) in [5.41, 5.74) is 1.11. The number of ether oxygens (including phenoxy) is 2. The Bertz CT molecular complexity index is 860.